The van der Waals surface area contributed by atoms with Crippen molar-refractivity contribution in [3.8, 4) is 0 Å². The van der Waals surface area contributed by atoms with E-state index in [1.165, 1.54) is 5.56 Å². The lowest BCUT2D eigenvalue weighted by molar-refractivity contribution is -0.124. The van der Waals surface area contributed by atoms with Gasteiger partial charge in [-0.05, 0) is 18.9 Å². The van der Waals surface area contributed by atoms with E-state index in [4.69, 9.17) is 5.73 Å². The molecule has 0 spiro atoms. The number of carbonyl (C=O) groups excluding carboxylic acids is 1. The predicted molar refractivity (Wildman–Crippen MR) is 59.4 cm³/mol. The molecule has 1 aliphatic heterocycles. The number of carbonyl (C=O) groups is 1. The van der Waals surface area contributed by atoms with Crippen LogP contribution in [0.1, 0.15) is 24.8 Å². The predicted octanol–water partition coefficient (Wildman–Crippen LogP) is 1.01. The Labute approximate surface area is 89.7 Å². The topological polar surface area (TPSA) is 55.1 Å². The quantitative estimate of drug-likeness (QED) is 0.717. The molecule has 0 saturated carbocycles. The van der Waals surface area contributed by atoms with E-state index in [0.29, 0.717) is 5.92 Å². The molecule has 0 bridgehead atoms. The fourth-order valence-corrected chi connectivity index (χ4v) is 2.14. The third-order valence-corrected chi connectivity index (χ3v) is 3.05. The minimum absolute atomic E-state index is 0.0327. The SMILES string of the molecule is C[C@@H]1NC(=O)C(N)CC1c1ccccc1. The second-order valence-electron chi connectivity index (χ2n) is 4.16. The van der Waals surface area contributed by atoms with Gasteiger partial charge < -0.3 is 11.1 Å². The standard InChI is InChI=1S/C12H16N2O/c1-8-10(7-11(13)12(15)14-8)9-5-3-2-4-6-9/h2-6,8,10-11H,7,13H2,1H3,(H,14,15)/t8-,10?,11?/m0/s1. The summed E-state index contributed by atoms with van der Waals surface area (Å²) in [7, 11) is 0. The molecule has 0 aromatic heterocycles. The van der Waals surface area contributed by atoms with Crippen molar-refractivity contribution in [3.63, 3.8) is 0 Å². The average Bonchev–Trinajstić information content (AvgIpc) is 2.25. The van der Waals surface area contributed by atoms with E-state index < -0.39 is 0 Å². The molecular formula is C12H16N2O. The second-order valence-corrected chi connectivity index (χ2v) is 4.16. The second kappa shape index (κ2) is 4.03. The summed E-state index contributed by atoms with van der Waals surface area (Å²) >= 11 is 0. The minimum atomic E-state index is -0.369. The van der Waals surface area contributed by atoms with Crippen molar-refractivity contribution in [2.75, 3.05) is 0 Å². The smallest absolute Gasteiger partial charge is 0.237 e. The highest BCUT2D eigenvalue weighted by Crippen LogP contribution is 2.27. The van der Waals surface area contributed by atoms with Crippen LogP contribution in [0.3, 0.4) is 0 Å². The summed E-state index contributed by atoms with van der Waals surface area (Å²) in [6.07, 6.45) is 0.733. The van der Waals surface area contributed by atoms with Crippen LogP contribution in [0, 0.1) is 0 Å². The maximum absolute atomic E-state index is 11.3. The normalized spacial score (nSPS) is 31.1. The summed E-state index contributed by atoms with van der Waals surface area (Å²) in [5.41, 5.74) is 7.01. The van der Waals surface area contributed by atoms with Gasteiger partial charge in [0.1, 0.15) is 0 Å². The molecule has 2 rings (SSSR count). The number of nitrogens with one attached hydrogen (secondary N) is 1. The molecule has 3 N–H and O–H groups in total. The van der Waals surface area contributed by atoms with E-state index in [-0.39, 0.29) is 18.0 Å². The van der Waals surface area contributed by atoms with E-state index in [9.17, 15) is 4.79 Å². The molecule has 1 amide bonds. The van der Waals surface area contributed by atoms with Gasteiger partial charge in [0.2, 0.25) is 5.91 Å². The molecule has 3 nitrogen and oxygen atoms in total. The maximum atomic E-state index is 11.3. The van der Waals surface area contributed by atoms with Gasteiger partial charge in [0.05, 0.1) is 6.04 Å². The van der Waals surface area contributed by atoms with Gasteiger partial charge in [0, 0.05) is 12.0 Å². The fourth-order valence-electron chi connectivity index (χ4n) is 2.14. The summed E-state index contributed by atoms with van der Waals surface area (Å²) in [6.45, 7) is 2.03. The number of hydrogen-bond acceptors (Lipinski definition) is 2. The van der Waals surface area contributed by atoms with E-state index >= 15 is 0 Å². The summed E-state index contributed by atoms with van der Waals surface area (Å²) in [4.78, 5) is 11.3. The molecule has 15 heavy (non-hydrogen) atoms. The van der Waals surface area contributed by atoms with Crippen LogP contribution in [0.25, 0.3) is 0 Å². The molecule has 1 aliphatic rings. The van der Waals surface area contributed by atoms with Crippen molar-refractivity contribution in [1.29, 1.82) is 0 Å². The Balaban J connectivity index is 2.20. The van der Waals surface area contributed by atoms with Crippen LogP contribution < -0.4 is 11.1 Å². The van der Waals surface area contributed by atoms with E-state index in [0.717, 1.165) is 6.42 Å². The summed E-state index contributed by atoms with van der Waals surface area (Å²) in [5, 5.41) is 2.91. The Morgan fingerprint density at radius 3 is 2.67 bits per heavy atom. The van der Waals surface area contributed by atoms with Gasteiger partial charge in [-0.2, -0.15) is 0 Å². The molecule has 3 atom stereocenters. The molecule has 1 aromatic rings. The van der Waals surface area contributed by atoms with Gasteiger partial charge >= 0.3 is 0 Å². The van der Waals surface area contributed by atoms with Crippen molar-refractivity contribution in [3.05, 3.63) is 35.9 Å². The van der Waals surface area contributed by atoms with Crippen LogP contribution in [0.5, 0.6) is 0 Å². The lowest BCUT2D eigenvalue weighted by Crippen LogP contribution is -2.52. The van der Waals surface area contributed by atoms with Crippen LogP contribution in [-0.4, -0.2) is 18.0 Å². The zero-order chi connectivity index (χ0) is 10.8. The molecule has 3 heteroatoms. The van der Waals surface area contributed by atoms with Gasteiger partial charge in [-0.15, -0.1) is 0 Å². The molecule has 0 radical (unpaired) electrons. The molecule has 1 aromatic carbocycles. The first-order valence-corrected chi connectivity index (χ1v) is 5.29. The molecule has 2 unspecified atom stereocenters. The van der Waals surface area contributed by atoms with Gasteiger partial charge in [-0.1, -0.05) is 30.3 Å². The first-order valence-electron chi connectivity index (χ1n) is 5.29. The number of hydrogen-bond donors (Lipinski definition) is 2. The Morgan fingerprint density at radius 1 is 1.33 bits per heavy atom. The fraction of sp³-hybridized carbons (Fsp3) is 0.417. The Morgan fingerprint density at radius 2 is 2.00 bits per heavy atom. The minimum Gasteiger partial charge on any atom is -0.352 e. The van der Waals surface area contributed by atoms with Crippen LogP contribution in [-0.2, 0) is 4.79 Å². The highest BCUT2D eigenvalue weighted by molar-refractivity contribution is 5.83. The van der Waals surface area contributed by atoms with Crippen molar-refractivity contribution < 1.29 is 4.79 Å². The lowest BCUT2D eigenvalue weighted by atomic mass is 9.83. The van der Waals surface area contributed by atoms with E-state index in [2.05, 4.69) is 17.4 Å². The first kappa shape index (κ1) is 10.2. The summed E-state index contributed by atoms with van der Waals surface area (Å²) in [5.74, 6) is 0.300. The van der Waals surface area contributed by atoms with E-state index in [1.807, 2.05) is 25.1 Å². The molecule has 0 aliphatic carbocycles. The highest BCUT2D eigenvalue weighted by atomic mass is 16.2. The molecule has 1 saturated heterocycles. The Hall–Kier alpha value is -1.35. The molecule has 80 valence electrons. The zero-order valence-electron chi connectivity index (χ0n) is 8.81. The maximum Gasteiger partial charge on any atom is 0.237 e. The zero-order valence-corrected chi connectivity index (χ0v) is 8.81. The molecule has 1 fully saturated rings. The summed E-state index contributed by atoms with van der Waals surface area (Å²) in [6, 6.07) is 10.0. The van der Waals surface area contributed by atoms with Crippen LogP contribution in [0.4, 0.5) is 0 Å². The van der Waals surface area contributed by atoms with Crippen LogP contribution in [0.15, 0.2) is 30.3 Å². The number of rotatable bonds is 1. The van der Waals surface area contributed by atoms with Crippen LogP contribution >= 0.6 is 0 Å². The Kier molecular flexibility index (Phi) is 2.73. The third kappa shape index (κ3) is 2.02. The van der Waals surface area contributed by atoms with Gasteiger partial charge in [-0.3, -0.25) is 4.79 Å². The van der Waals surface area contributed by atoms with E-state index in [1.54, 1.807) is 0 Å². The van der Waals surface area contributed by atoms with Gasteiger partial charge in [0.15, 0.2) is 0 Å². The van der Waals surface area contributed by atoms with Crippen molar-refractivity contribution >= 4 is 5.91 Å². The van der Waals surface area contributed by atoms with Crippen molar-refractivity contribution in [2.45, 2.75) is 31.3 Å². The average molecular weight is 204 g/mol. The number of benzene rings is 1. The molecular weight excluding hydrogens is 188 g/mol. The number of nitrogens with two attached hydrogens (primary N) is 1. The van der Waals surface area contributed by atoms with Gasteiger partial charge in [-0.25, -0.2) is 0 Å². The summed E-state index contributed by atoms with van der Waals surface area (Å²) < 4.78 is 0. The highest BCUT2D eigenvalue weighted by Gasteiger charge is 2.31. The number of amides is 1. The molecule has 1 heterocycles. The Bertz CT molecular complexity index is 350. The third-order valence-electron chi connectivity index (χ3n) is 3.05. The first-order chi connectivity index (χ1) is 7.18. The van der Waals surface area contributed by atoms with Crippen molar-refractivity contribution in [1.82, 2.24) is 5.32 Å². The lowest BCUT2D eigenvalue weighted by Gasteiger charge is -2.33. The van der Waals surface area contributed by atoms with Crippen LogP contribution in [0.2, 0.25) is 0 Å². The monoisotopic (exact) mass is 204 g/mol. The van der Waals surface area contributed by atoms with Gasteiger partial charge in [0.25, 0.3) is 0 Å². The largest absolute Gasteiger partial charge is 0.352 e. The van der Waals surface area contributed by atoms with Crippen molar-refractivity contribution in [2.24, 2.45) is 5.73 Å². The number of piperidine rings is 1.